The van der Waals surface area contributed by atoms with Crippen molar-refractivity contribution in [2.24, 2.45) is 0 Å². The van der Waals surface area contributed by atoms with E-state index in [1.54, 1.807) is 42.8 Å². The van der Waals surface area contributed by atoms with Crippen molar-refractivity contribution in [3.8, 4) is 0 Å². The van der Waals surface area contributed by atoms with E-state index in [9.17, 15) is 14.9 Å². The maximum atomic E-state index is 12.8. The van der Waals surface area contributed by atoms with Crippen LogP contribution in [0.5, 0.6) is 0 Å². The van der Waals surface area contributed by atoms with Gasteiger partial charge in [-0.1, -0.05) is 36.2 Å². The van der Waals surface area contributed by atoms with Crippen LogP contribution in [0, 0.1) is 24.0 Å². The number of nitrogens with one attached hydrogen (secondary N) is 1. The molecular weight excluding hydrogens is 431 g/mol. The van der Waals surface area contributed by atoms with Gasteiger partial charge in [0.25, 0.3) is 5.91 Å². The molecule has 11 heteroatoms. The Morgan fingerprint density at radius 1 is 1.20 bits per heavy atom. The second-order valence-corrected chi connectivity index (χ2v) is 7.60. The van der Waals surface area contributed by atoms with Crippen LogP contribution in [0.15, 0.2) is 30.3 Å². The quantitative estimate of drug-likeness (QED) is 0.419. The summed E-state index contributed by atoms with van der Waals surface area (Å²) in [5.74, 6) is -0.298. The minimum Gasteiger partial charge on any atom is -0.358 e. The van der Waals surface area contributed by atoms with Crippen molar-refractivity contribution in [3.05, 3.63) is 67.4 Å². The molecule has 158 valence electrons. The predicted molar refractivity (Wildman–Crippen MR) is 114 cm³/mol. The number of benzene rings is 1. The van der Waals surface area contributed by atoms with Gasteiger partial charge in [0.15, 0.2) is 11.9 Å². The third-order valence-corrected chi connectivity index (χ3v) is 5.39. The molecule has 3 rings (SSSR count). The molecule has 0 aliphatic carbocycles. The average molecular weight is 451 g/mol. The first-order valence-corrected chi connectivity index (χ1v) is 9.95. The summed E-state index contributed by atoms with van der Waals surface area (Å²) in [4.78, 5) is 23.2. The van der Waals surface area contributed by atoms with E-state index >= 15 is 0 Å². The van der Waals surface area contributed by atoms with Gasteiger partial charge in [-0.15, -0.1) is 0 Å². The van der Waals surface area contributed by atoms with Crippen molar-refractivity contribution in [1.82, 2.24) is 19.6 Å². The predicted octanol–water partition coefficient (Wildman–Crippen LogP) is 4.55. The van der Waals surface area contributed by atoms with Crippen LogP contribution in [0.4, 0.5) is 11.6 Å². The van der Waals surface area contributed by atoms with Gasteiger partial charge >= 0.3 is 5.82 Å². The van der Waals surface area contributed by atoms with Crippen molar-refractivity contribution in [2.45, 2.75) is 39.8 Å². The molecule has 0 saturated carbocycles. The highest BCUT2D eigenvalue weighted by Crippen LogP contribution is 2.26. The van der Waals surface area contributed by atoms with Gasteiger partial charge in [0.1, 0.15) is 0 Å². The highest BCUT2D eigenvalue weighted by molar-refractivity contribution is 6.35. The second kappa shape index (κ2) is 8.85. The van der Waals surface area contributed by atoms with Crippen molar-refractivity contribution in [1.29, 1.82) is 0 Å². The molecule has 1 aromatic carbocycles. The Morgan fingerprint density at radius 2 is 1.87 bits per heavy atom. The molecule has 3 aromatic rings. The first-order valence-electron chi connectivity index (χ1n) is 9.20. The number of nitrogens with zero attached hydrogens (tertiary/aromatic N) is 5. The highest BCUT2D eigenvalue weighted by Gasteiger charge is 2.27. The van der Waals surface area contributed by atoms with E-state index in [0.717, 1.165) is 11.3 Å². The molecule has 2 aromatic heterocycles. The van der Waals surface area contributed by atoms with E-state index in [2.05, 4.69) is 15.5 Å². The molecule has 0 aliphatic heterocycles. The van der Waals surface area contributed by atoms with Crippen LogP contribution >= 0.6 is 23.2 Å². The first kappa shape index (κ1) is 21.8. The third-order valence-electron chi connectivity index (χ3n) is 4.68. The number of carbonyl (C=O) groups is 1. The number of hydrogen-bond donors (Lipinski definition) is 1. The van der Waals surface area contributed by atoms with Crippen molar-refractivity contribution < 1.29 is 9.72 Å². The number of halogens is 2. The van der Waals surface area contributed by atoms with E-state index in [1.165, 1.54) is 10.7 Å². The Balaban J connectivity index is 1.80. The first-order chi connectivity index (χ1) is 14.2. The summed E-state index contributed by atoms with van der Waals surface area (Å²) in [6.45, 7) is 5.68. The van der Waals surface area contributed by atoms with Crippen LogP contribution in [0.25, 0.3) is 0 Å². The monoisotopic (exact) mass is 450 g/mol. The van der Waals surface area contributed by atoms with Crippen molar-refractivity contribution >= 4 is 40.7 Å². The van der Waals surface area contributed by atoms with Gasteiger partial charge in [0.05, 0.1) is 23.4 Å². The standard InChI is InChI=1S/C19H20Cl2N6O3/c1-4-16(26-12(3)9-18(24-26)27(29)30)19(28)22-17-8-11(2)25(23-17)10-13-14(20)6-5-7-15(13)21/h5-9,16H,4,10H2,1-3H3,(H,22,23,28). The van der Waals surface area contributed by atoms with E-state index in [-0.39, 0.29) is 11.7 Å². The van der Waals surface area contributed by atoms with Crippen LogP contribution in [-0.2, 0) is 11.3 Å². The lowest BCUT2D eigenvalue weighted by molar-refractivity contribution is -0.389. The molecule has 1 N–H and O–H groups in total. The van der Waals surface area contributed by atoms with Crippen molar-refractivity contribution in [2.75, 3.05) is 5.32 Å². The summed E-state index contributed by atoms with van der Waals surface area (Å²) in [6.07, 6.45) is 0.403. The lowest BCUT2D eigenvalue weighted by Crippen LogP contribution is -2.27. The molecular formula is C19H20Cl2N6O3. The fourth-order valence-electron chi connectivity index (χ4n) is 3.12. The molecule has 0 bridgehead atoms. The molecule has 1 atom stereocenters. The van der Waals surface area contributed by atoms with Gasteiger partial charge in [-0.25, -0.2) is 0 Å². The van der Waals surface area contributed by atoms with E-state index in [1.807, 2.05) is 6.92 Å². The maximum absolute atomic E-state index is 12.8. The zero-order chi connectivity index (χ0) is 22.0. The van der Waals surface area contributed by atoms with Gasteiger partial charge in [-0.3, -0.25) is 9.48 Å². The van der Waals surface area contributed by atoms with Crippen LogP contribution < -0.4 is 5.32 Å². The molecule has 2 heterocycles. The van der Waals surface area contributed by atoms with Gasteiger partial charge in [0, 0.05) is 27.4 Å². The fraction of sp³-hybridized carbons (Fsp3) is 0.316. The Kier molecular flexibility index (Phi) is 6.42. The van der Waals surface area contributed by atoms with Crippen LogP contribution in [0.3, 0.4) is 0 Å². The maximum Gasteiger partial charge on any atom is 0.390 e. The Bertz CT molecular complexity index is 1090. The smallest absolute Gasteiger partial charge is 0.358 e. The molecule has 1 amide bonds. The summed E-state index contributed by atoms with van der Waals surface area (Å²) in [5.41, 5.74) is 2.06. The summed E-state index contributed by atoms with van der Waals surface area (Å²) in [7, 11) is 0. The number of aromatic nitrogens is 4. The van der Waals surface area contributed by atoms with Gasteiger partial charge in [-0.2, -0.15) is 9.78 Å². The largest absolute Gasteiger partial charge is 0.390 e. The molecule has 9 nitrogen and oxygen atoms in total. The summed E-state index contributed by atoms with van der Waals surface area (Å²) >= 11 is 12.5. The lowest BCUT2D eigenvalue weighted by Gasteiger charge is -2.13. The SMILES string of the molecule is CCC(C(=O)Nc1cc(C)n(Cc2c(Cl)cccc2Cl)n1)n1nc([N+](=O)[O-])cc1C. The van der Waals surface area contributed by atoms with Crippen LogP contribution in [0.1, 0.15) is 36.3 Å². The summed E-state index contributed by atoms with van der Waals surface area (Å²) < 4.78 is 3.05. The Morgan fingerprint density at radius 3 is 2.43 bits per heavy atom. The molecule has 0 aliphatic rings. The second-order valence-electron chi connectivity index (χ2n) is 6.79. The molecule has 30 heavy (non-hydrogen) atoms. The van der Waals surface area contributed by atoms with Gasteiger partial charge < -0.3 is 15.4 Å². The number of rotatable bonds is 7. The third kappa shape index (κ3) is 4.47. The number of hydrogen-bond acceptors (Lipinski definition) is 5. The molecule has 1 unspecified atom stereocenters. The number of aryl methyl sites for hydroxylation is 2. The van der Waals surface area contributed by atoms with Gasteiger partial charge in [-0.05, 0) is 37.3 Å². The minimum absolute atomic E-state index is 0.296. The van der Waals surface area contributed by atoms with E-state index < -0.39 is 11.0 Å². The summed E-state index contributed by atoms with van der Waals surface area (Å²) in [6, 6.07) is 7.63. The van der Waals surface area contributed by atoms with Crippen molar-refractivity contribution in [3.63, 3.8) is 0 Å². The summed E-state index contributed by atoms with van der Waals surface area (Å²) in [5, 5.41) is 23.2. The topological polar surface area (TPSA) is 108 Å². The fourth-order valence-corrected chi connectivity index (χ4v) is 3.64. The highest BCUT2D eigenvalue weighted by atomic mass is 35.5. The molecule has 0 fully saturated rings. The number of carbonyl (C=O) groups excluding carboxylic acids is 1. The Labute approximate surface area is 182 Å². The zero-order valence-electron chi connectivity index (χ0n) is 16.6. The van der Waals surface area contributed by atoms with E-state index in [0.29, 0.717) is 34.5 Å². The molecule has 0 saturated heterocycles. The normalized spacial score (nSPS) is 12.0. The Hall–Kier alpha value is -2.91. The lowest BCUT2D eigenvalue weighted by atomic mass is 10.2. The van der Waals surface area contributed by atoms with E-state index in [4.69, 9.17) is 23.2 Å². The van der Waals surface area contributed by atoms with Crippen LogP contribution in [-0.4, -0.2) is 30.4 Å². The average Bonchev–Trinajstić information content (AvgIpc) is 3.22. The minimum atomic E-state index is -0.706. The number of nitro groups is 1. The zero-order valence-corrected chi connectivity index (χ0v) is 18.1. The molecule has 0 spiro atoms. The van der Waals surface area contributed by atoms with Crippen LogP contribution in [0.2, 0.25) is 10.0 Å². The molecule has 0 radical (unpaired) electrons. The number of anilines is 1. The van der Waals surface area contributed by atoms with Gasteiger partial charge in [0.2, 0.25) is 0 Å². The number of amides is 1.